The van der Waals surface area contributed by atoms with Crippen molar-refractivity contribution in [3.05, 3.63) is 105 Å². The van der Waals surface area contributed by atoms with Crippen LogP contribution in [0.2, 0.25) is 5.02 Å². The first-order valence-electron chi connectivity index (χ1n) is 10.7. The maximum absolute atomic E-state index is 13.5. The number of aryl methyl sites for hydroxylation is 1. The number of rotatable bonds is 6. The van der Waals surface area contributed by atoms with Crippen LogP contribution in [0.25, 0.3) is 6.08 Å². The highest BCUT2D eigenvalue weighted by molar-refractivity contribution is 8.19. The predicted molar refractivity (Wildman–Crippen MR) is 143 cm³/mol. The summed E-state index contributed by atoms with van der Waals surface area (Å²) < 4.78 is 6.08. The zero-order valence-electron chi connectivity index (χ0n) is 18.6. The van der Waals surface area contributed by atoms with Crippen LogP contribution in [0.15, 0.2) is 88.8 Å². The van der Waals surface area contributed by atoms with Gasteiger partial charge >= 0.3 is 0 Å². The van der Waals surface area contributed by atoms with Crippen LogP contribution in [-0.2, 0) is 11.4 Å². The van der Waals surface area contributed by atoms with Crippen molar-refractivity contribution >= 4 is 62.7 Å². The van der Waals surface area contributed by atoms with Gasteiger partial charge in [0, 0.05) is 16.1 Å². The first kappa shape index (κ1) is 23.3. The number of amides is 1. The van der Waals surface area contributed by atoms with Gasteiger partial charge in [-0.25, -0.2) is 0 Å². The lowest BCUT2D eigenvalue weighted by molar-refractivity contribution is -0.113. The second kappa shape index (κ2) is 10.4. The average Bonchev–Trinajstić information content (AvgIpc) is 3.42. The molecule has 0 atom stereocenters. The number of ether oxygens (including phenoxy) is 1. The number of para-hydroxylation sites is 2. The number of carbonyl (C=O) groups is 1. The minimum absolute atomic E-state index is 0.165. The maximum Gasteiger partial charge on any atom is 0.271 e. The van der Waals surface area contributed by atoms with Crippen LogP contribution in [0.4, 0.5) is 10.8 Å². The Hall–Kier alpha value is -3.46. The van der Waals surface area contributed by atoms with E-state index in [2.05, 4.69) is 15.2 Å². The summed E-state index contributed by atoms with van der Waals surface area (Å²) in [6.45, 7) is 2.19. The minimum atomic E-state index is -0.165. The Morgan fingerprint density at radius 2 is 1.74 bits per heavy atom. The smallest absolute Gasteiger partial charge is 0.271 e. The van der Waals surface area contributed by atoms with Crippen LogP contribution in [0.5, 0.6) is 5.75 Å². The number of benzene rings is 3. The highest BCUT2D eigenvalue weighted by Gasteiger charge is 2.35. The summed E-state index contributed by atoms with van der Waals surface area (Å²) in [6.07, 6.45) is 1.83. The number of hydrogen-bond donors (Lipinski definition) is 0. The van der Waals surface area contributed by atoms with E-state index in [0.29, 0.717) is 32.6 Å². The fourth-order valence-corrected chi connectivity index (χ4v) is 5.19. The molecule has 6 nitrogen and oxygen atoms in total. The van der Waals surface area contributed by atoms with E-state index in [1.165, 1.54) is 23.1 Å². The van der Waals surface area contributed by atoms with Gasteiger partial charge in [0.25, 0.3) is 5.91 Å². The standard InChI is InChI=1S/C26H19ClN4O2S2/c1-17-29-30-25(34-17)28-26-31(20-11-3-2-4-12-20)24(32)23(35-26)15-18-9-6-8-14-22(18)33-16-19-10-5-7-13-21(19)27/h2-15H,16H2,1H3/b23-15-,28-26+. The number of hydrogen-bond acceptors (Lipinski definition) is 7. The first-order chi connectivity index (χ1) is 17.1. The molecule has 9 heteroatoms. The van der Waals surface area contributed by atoms with Crippen molar-refractivity contribution in [2.24, 2.45) is 4.99 Å². The molecule has 1 aliphatic heterocycles. The maximum atomic E-state index is 13.5. The van der Waals surface area contributed by atoms with Gasteiger partial charge in [0.2, 0.25) is 5.13 Å². The molecular weight excluding hydrogens is 500 g/mol. The number of aliphatic imine (C=N–C) groups is 1. The number of anilines is 1. The topological polar surface area (TPSA) is 67.7 Å². The number of aromatic nitrogens is 2. The normalized spacial score (nSPS) is 15.8. The van der Waals surface area contributed by atoms with Crippen molar-refractivity contribution in [2.45, 2.75) is 13.5 Å². The molecule has 1 aromatic heterocycles. The number of halogens is 1. The fourth-order valence-electron chi connectivity index (χ4n) is 3.41. The SMILES string of the molecule is Cc1nnc(/N=C2/S/C(=C\c3ccccc3OCc3ccccc3Cl)C(=O)N2c2ccccc2)s1. The molecule has 3 aromatic carbocycles. The molecule has 1 saturated heterocycles. The van der Waals surface area contributed by atoms with Gasteiger partial charge in [-0.2, -0.15) is 4.99 Å². The van der Waals surface area contributed by atoms with E-state index < -0.39 is 0 Å². The lowest BCUT2D eigenvalue weighted by atomic mass is 10.1. The fraction of sp³-hybridized carbons (Fsp3) is 0.0769. The summed E-state index contributed by atoms with van der Waals surface area (Å²) >= 11 is 8.95. The van der Waals surface area contributed by atoms with Gasteiger partial charge in [-0.1, -0.05) is 77.5 Å². The van der Waals surface area contributed by atoms with E-state index in [4.69, 9.17) is 16.3 Å². The van der Waals surface area contributed by atoms with Gasteiger partial charge < -0.3 is 4.74 Å². The second-order valence-electron chi connectivity index (χ2n) is 7.50. The summed E-state index contributed by atoms with van der Waals surface area (Å²) in [5, 5.41) is 10.6. The molecule has 0 bridgehead atoms. The number of carbonyl (C=O) groups excluding carboxylic acids is 1. The quantitative estimate of drug-likeness (QED) is 0.260. The molecule has 0 unspecified atom stereocenters. The molecule has 35 heavy (non-hydrogen) atoms. The Bertz CT molecular complexity index is 1440. The van der Waals surface area contributed by atoms with Crippen LogP contribution in [0.1, 0.15) is 16.1 Å². The zero-order chi connectivity index (χ0) is 24.2. The summed E-state index contributed by atoms with van der Waals surface area (Å²) in [5.74, 6) is 0.492. The van der Waals surface area contributed by atoms with E-state index in [1.807, 2.05) is 91.9 Å². The van der Waals surface area contributed by atoms with Gasteiger partial charge in [-0.05, 0) is 49.0 Å². The first-order valence-corrected chi connectivity index (χ1v) is 12.7. The Morgan fingerprint density at radius 1 is 1.00 bits per heavy atom. The molecule has 1 fully saturated rings. The number of thioether (sulfide) groups is 1. The van der Waals surface area contributed by atoms with Gasteiger partial charge in [-0.15, -0.1) is 10.2 Å². The third kappa shape index (κ3) is 5.30. The highest BCUT2D eigenvalue weighted by Crippen LogP contribution is 2.38. The van der Waals surface area contributed by atoms with Gasteiger partial charge in [-0.3, -0.25) is 9.69 Å². The van der Waals surface area contributed by atoms with Crippen LogP contribution in [0.3, 0.4) is 0 Å². The molecule has 5 rings (SSSR count). The molecule has 0 spiro atoms. The van der Waals surface area contributed by atoms with Crippen LogP contribution >= 0.6 is 34.7 Å². The summed E-state index contributed by atoms with van der Waals surface area (Å²) in [6, 6.07) is 24.6. The van der Waals surface area contributed by atoms with Crippen molar-refractivity contribution in [1.29, 1.82) is 0 Å². The summed E-state index contributed by atoms with van der Waals surface area (Å²) in [5.41, 5.74) is 2.41. The van der Waals surface area contributed by atoms with E-state index in [0.717, 1.165) is 21.8 Å². The van der Waals surface area contributed by atoms with Crippen LogP contribution in [-0.4, -0.2) is 21.3 Å². The Labute approximate surface area is 216 Å². The lowest BCUT2D eigenvalue weighted by Crippen LogP contribution is -2.28. The van der Waals surface area contributed by atoms with Crippen LogP contribution < -0.4 is 9.64 Å². The molecule has 0 aliphatic carbocycles. The van der Waals surface area contributed by atoms with E-state index >= 15 is 0 Å². The van der Waals surface area contributed by atoms with Crippen molar-refractivity contribution in [3.8, 4) is 5.75 Å². The molecule has 1 amide bonds. The van der Waals surface area contributed by atoms with Crippen LogP contribution in [0, 0.1) is 6.92 Å². The number of amidine groups is 1. The van der Waals surface area contributed by atoms with Crippen molar-refractivity contribution in [3.63, 3.8) is 0 Å². The minimum Gasteiger partial charge on any atom is -0.488 e. The van der Waals surface area contributed by atoms with Crippen molar-refractivity contribution < 1.29 is 9.53 Å². The summed E-state index contributed by atoms with van der Waals surface area (Å²) in [7, 11) is 0. The van der Waals surface area contributed by atoms with Gasteiger partial charge in [0.1, 0.15) is 17.4 Å². The Balaban J connectivity index is 1.47. The Kier molecular flexibility index (Phi) is 6.94. The predicted octanol–water partition coefficient (Wildman–Crippen LogP) is 6.89. The van der Waals surface area contributed by atoms with Gasteiger partial charge in [0.05, 0.1) is 10.6 Å². The molecule has 0 N–H and O–H groups in total. The third-order valence-electron chi connectivity index (χ3n) is 5.07. The molecule has 1 aliphatic rings. The largest absolute Gasteiger partial charge is 0.488 e. The lowest BCUT2D eigenvalue weighted by Gasteiger charge is -2.14. The molecule has 174 valence electrons. The Morgan fingerprint density at radius 3 is 2.51 bits per heavy atom. The monoisotopic (exact) mass is 518 g/mol. The molecule has 0 saturated carbocycles. The molecule has 4 aromatic rings. The molecule has 2 heterocycles. The number of nitrogens with zero attached hydrogens (tertiary/aromatic N) is 4. The average molecular weight is 519 g/mol. The van der Waals surface area contributed by atoms with E-state index in [-0.39, 0.29) is 5.91 Å². The zero-order valence-corrected chi connectivity index (χ0v) is 21.0. The van der Waals surface area contributed by atoms with E-state index in [9.17, 15) is 4.79 Å². The third-order valence-corrected chi connectivity index (χ3v) is 7.14. The second-order valence-corrected chi connectivity index (χ2v) is 10.1. The highest BCUT2D eigenvalue weighted by atomic mass is 35.5. The van der Waals surface area contributed by atoms with Crippen molar-refractivity contribution in [2.75, 3.05) is 4.90 Å². The van der Waals surface area contributed by atoms with Gasteiger partial charge in [0.15, 0.2) is 5.17 Å². The molecule has 0 radical (unpaired) electrons. The molecular formula is C26H19ClN4O2S2. The van der Waals surface area contributed by atoms with E-state index in [1.54, 1.807) is 4.90 Å². The summed E-state index contributed by atoms with van der Waals surface area (Å²) in [4.78, 5) is 20.3. The van der Waals surface area contributed by atoms with Crippen molar-refractivity contribution in [1.82, 2.24) is 10.2 Å².